The molecule has 2 aliphatic heterocycles. The number of ether oxygens (including phenoxy) is 2. The van der Waals surface area contributed by atoms with Crippen molar-refractivity contribution in [3.63, 3.8) is 0 Å². The maximum absolute atomic E-state index is 12.0. The fourth-order valence-electron chi connectivity index (χ4n) is 4.06. The van der Waals surface area contributed by atoms with Gasteiger partial charge in [0.15, 0.2) is 11.5 Å². The van der Waals surface area contributed by atoms with Gasteiger partial charge in [0.1, 0.15) is 25.4 Å². The van der Waals surface area contributed by atoms with Gasteiger partial charge in [0.2, 0.25) is 10.0 Å². The van der Waals surface area contributed by atoms with E-state index in [1.54, 1.807) is 6.33 Å². The molecular formula is C22H28N4O4S. The molecule has 9 heteroatoms. The van der Waals surface area contributed by atoms with Crippen LogP contribution in [0.1, 0.15) is 42.9 Å². The monoisotopic (exact) mass is 444 g/mol. The third-order valence-corrected chi connectivity index (χ3v) is 7.35. The lowest BCUT2D eigenvalue weighted by molar-refractivity contribution is 0.169. The fraction of sp³-hybridized carbons (Fsp3) is 0.455. The molecule has 4 rings (SSSR count). The van der Waals surface area contributed by atoms with Crippen molar-refractivity contribution in [2.75, 3.05) is 38.2 Å². The number of piperidine rings is 1. The van der Waals surface area contributed by atoms with Crippen molar-refractivity contribution in [2.24, 2.45) is 0 Å². The van der Waals surface area contributed by atoms with Crippen molar-refractivity contribution < 1.29 is 17.9 Å². The molecule has 1 atom stereocenters. The van der Waals surface area contributed by atoms with Crippen LogP contribution in [0.25, 0.3) is 0 Å². The third-order valence-electron chi connectivity index (χ3n) is 5.85. The molecule has 0 unspecified atom stereocenters. The molecule has 31 heavy (non-hydrogen) atoms. The highest BCUT2D eigenvalue weighted by Gasteiger charge is 2.27. The van der Waals surface area contributed by atoms with Gasteiger partial charge in [-0.05, 0) is 18.9 Å². The van der Waals surface area contributed by atoms with Gasteiger partial charge in [0, 0.05) is 54.2 Å². The minimum absolute atomic E-state index is 0.197. The van der Waals surface area contributed by atoms with Crippen LogP contribution >= 0.6 is 0 Å². The molecule has 0 radical (unpaired) electrons. The molecular weight excluding hydrogens is 416 g/mol. The molecule has 0 amide bonds. The van der Waals surface area contributed by atoms with E-state index in [0.29, 0.717) is 32.8 Å². The predicted octanol–water partition coefficient (Wildman–Crippen LogP) is 3.12. The fourth-order valence-corrected chi connectivity index (χ4v) is 4.99. The zero-order valence-corrected chi connectivity index (χ0v) is 18.5. The van der Waals surface area contributed by atoms with Crippen LogP contribution in [0.15, 0.2) is 42.6 Å². The van der Waals surface area contributed by atoms with E-state index in [9.17, 15) is 8.42 Å². The Hall–Kier alpha value is -2.65. The van der Waals surface area contributed by atoms with Crippen molar-refractivity contribution >= 4 is 15.8 Å². The topological polar surface area (TPSA) is 93.7 Å². The normalized spacial score (nSPS) is 18.4. The number of sulfonamides is 1. The Kier molecular flexibility index (Phi) is 6.43. The molecule has 1 fully saturated rings. The summed E-state index contributed by atoms with van der Waals surface area (Å²) < 4.78 is 36.9. The molecule has 8 nitrogen and oxygen atoms in total. The third kappa shape index (κ3) is 4.83. The van der Waals surface area contributed by atoms with Crippen LogP contribution in [-0.2, 0) is 10.0 Å². The summed E-state index contributed by atoms with van der Waals surface area (Å²) in [6, 6.07) is 7.95. The summed E-state index contributed by atoms with van der Waals surface area (Å²) in [6.07, 6.45) is 3.03. The van der Waals surface area contributed by atoms with Gasteiger partial charge in [-0.25, -0.2) is 18.4 Å². The number of nitrogens with one attached hydrogen (secondary N) is 1. The minimum atomic E-state index is -3.35. The van der Waals surface area contributed by atoms with Gasteiger partial charge in [-0.15, -0.1) is 0 Å². The van der Waals surface area contributed by atoms with Crippen molar-refractivity contribution in [2.45, 2.75) is 31.6 Å². The molecule has 2 aromatic rings. The van der Waals surface area contributed by atoms with Crippen molar-refractivity contribution in [3.8, 4) is 11.5 Å². The first-order chi connectivity index (χ1) is 15.0. The Morgan fingerprint density at radius 3 is 2.81 bits per heavy atom. The van der Waals surface area contributed by atoms with Gasteiger partial charge in [-0.2, -0.15) is 4.31 Å². The number of rotatable bonds is 7. The van der Waals surface area contributed by atoms with Crippen LogP contribution in [0.4, 0.5) is 5.82 Å². The molecule has 2 aliphatic rings. The first-order valence-corrected chi connectivity index (χ1v) is 12.0. The van der Waals surface area contributed by atoms with Gasteiger partial charge in [0.25, 0.3) is 0 Å². The Morgan fingerprint density at radius 2 is 2.03 bits per heavy atom. The second kappa shape index (κ2) is 9.23. The number of nitrogens with zero attached hydrogens (tertiary/aromatic N) is 3. The number of fused-ring (bicyclic) bond motifs is 1. The molecule has 3 heterocycles. The van der Waals surface area contributed by atoms with E-state index in [1.807, 2.05) is 18.2 Å². The van der Waals surface area contributed by atoms with Gasteiger partial charge < -0.3 is 14.8 Å². The van der Waals surface area contributed by atoms with Crippen molar-refractivity contribution in [1.82, 2.24) is 14.3 Å². The zero-order valence-electron chi connectivity index (χ0n) is 17.7. The van der Waals surface area contributed by atoms with E-state index in [2.05, 4.69) is 34.9 Å². The first kappa shape index (κ1) is 21.6. The zero-order chi connectivity index (χ0) is 21.8. The van der Waals surface area contributed by atoms with Crippen LogP contribution in [0, 0.1) is 0 Å². The van der Waals surface area contributed by atoms with E-state index in [1.165, 1.54) is 4.31 Å². The van der Waals surface area contributed by atoms with Crippen molar-refractivity contribution in [1.29, 1.82) is 0 Å². The number of anilines is 1. The lowest BCUT2D eigenvalue weighted by Crippen LogP contribution is -2.36. The number of benzene rings is 1. The van der Waals surface area contributed by atoms with Crippen LogP contribution in [0.3, 0.4) is 0 Å². The maximum atomic E-state index is 12.0. The van der Waals surface area contributed by atoms with Gasteiger partial charge in [-0.3, -0.25) is 0 Å². The molecule has 0 aliphatic carbocycles. The summed E-state index contributed by atoms with van der Waals surface area (Å²) in [6.45, 7) is 8.32. The average molecular weight is 445 g/mol. The second-order valence-electron chi connectivity index (χ2n) is 7.87. The van der Waals surface area contributed by atoms with Gasteiger partial charge >= 0.3 is 0 Å². The molecule has 1 N–H and O–H groups in total. The minimum Gasteiger partial charge on any atom is -0.486 e. The van der Waals surface area contributed by atoms with Crippen molar-refractivity contribution in [3.05, 3.63) is 53.8 Å². The van der Waals surface area contributed by atoms with Crippen LogP contribution in [0.2, 0.25) is 0 Å². The lowest BCUT2D eigenvalue weighted by atomic mass is 9.94. The first-order valence-electron chi connectivity index (χ1n) is 10.5. The molecule has 166 valence electrons. The molecule has 1 aromatic carbocycles. The Balaban J connectivity index is 1.38. The summed E-state index contributed by atoms with van der Waals surface area (Å²) in [5.41, 5.74) is 2.05. The Bertz CT molecular complexity index is 1040. The highest BCUT2D eigenvalue weighted by atomic mass is 32.2. The molecule has 1 aromatic heterocycles. The van der Waals surface area contributed by atoms with Gasteiger partial charge in [-0.1, -0.05) is 25.6 Å². The van der Waals surface area contributed by atoms with E-state index in [0.717, 1.165) is 46.8 Å². The van der Waals surface area contributed by atoms with Crippen LogP contribution in [-0.4, -0.2) is 55.5 Å². The number of aromatic nitrogens is 2. The lowest BCUT2D eigenvalue weighted by Gasteiger charge is -2.30. The Morgan fingerprint density at radius 1 is 1.26 bits per heavy atom. The molecule has 0 bridgehead atoms. The Labute approximate surface area is 183 Å². The predicted molar refractivity (Wildman–Crippen MR) is 119 cm³/mol. The molecule has 1 saturated heterocycles. The number of para-hydroxylation sites is 1. The van der Waals surface area contributed by atoms with E-state index in [-0.39, 0.29) is 11.8 Å². The highest BCUT2D eigenvalue weighted by Crippen LogP contribution is 2.37. The van der Waals surface area contributed by atoms with Crippen LogP contribution in [0.5, 0.6) is 11.5 Å². The van der Waals surface area contributed by atoms with Gasteiger partial charge in [0.05, 0.1) is 0 Å². The number of hydrogen-bond acceptors (Lipinski definition) is 7. The molecule has 0 saturated carbocycles. The van der Waals surface area contributed by atoms with E-state index >= 15 is 0 Å². The van der Waals surface area contributed by atoms with Crippen LogP contribution < -0.4 is 14.8 Å². The summed E-state index contributed by atoms with van der Waals surface area (Å²) >= 11 is 0. The smallest absolute Gasteiger partial charge is 0.235 e. The average Bonchev–Trinajstić information content (AvgIpc) is 2.82. The molecule has 0 spiro atoms. The SMILES string of the molecule is C=CS(=O)(=O)N1CCC(c2cc(NC[C@@H](C)c3cccc4c3OCCO4)ncn2)CC1. The summed E-state index contributed by atoms with van der Waals surface area (Å²) in [4.78, 5) is 8.79. The summed E-state index contributed by atoms with van der Waals surface area (Å²) in [7, 11) is -3.35. The highest BCUT2D eigenvalue weighted by molar-refractivity contribution is 7.92. The number of hydrogen-bond donors (Lipinski definition) is 1. The summed E-state index contributed by atoms with van der Waals surface area (Å²) in [5, 5.41) is 4.42. The quantitative estimate of drug-likeness (QED) is 0.701. The van der Waals surface area contributed by atoms with E-state index < -0.39 is 10.0 Å². The standard InChI is InChI=1S/C22H28N4O4S/c1-3-31(27,28)26-9-7-17(8-10-26)19-13-21(25-15-24-19)23-14-16(2)18-5-4-6-20-22(18)30-12-11-29-20/h3-6,13,15-17H,1,7-12,14H2,2H3,(H,23,24,25)/t16-/m1/s1. The maximum Gasteiger partial charge on any atom is 0.235 e. The van der Waals surface area contributed by atoms with E-state index in [4.69, 9.17) is 9.47 Å². The largest absolute Gasteiger partial charge is 0.486 e. The second-order valence-corrected chi connectivity index (χ2v) is 9.75. The summed E-state index contributed by atoms with van der Waals surface area (Å²) in [5.74, 6) is 2.80.